The molecule has 2 aliphatic rings. The second-order valence-electron chi connectivity index (χ2n) is 5.56. The monoisotopic (exact) mass is 395 g/mol. The van der Waals surface area contributed by atoms with Crippen LogP contribution in [0.15, 0.2) is 4.99 Å². The molecule has 4 nitrogen and oxygen atoms in total. The van der Waals surface area contributed by atoms with Gasteiger partial charge in [-0.15, -0.1) is 24.0 Å². The van der Waals surface area contributed by atoms with E-state index in [0.717, 1.165) is 45.2 Å². The Hall–Kier alpha value is -0.0400. The summed E-state index contributed by atoms with van der Waals surface area (Å²) in [7, 11) is 0. The fraction of sp³-hybridized carbons (Fsp3) is 0.933. The summed E-state index contributed by atoms with van der Waals surface area (Å²) >= 11 is 0. The van der Waals surface area contributed by atoms with Crippen molar-refractivity contribution in [1.82, 2.24) is 10.2 Å². The Labute approximate surface area is 140 Å². The van der Waals surface area contributed by atoms with Crippen molar-refractivity contribution in [1.29, 1.82) is 0 Å². The molecule has 0 atom stereocenters. The predicted molar refractivity (Wildman–Crippen MR) is 95.0 cm³/mol. The molecule has 1 saturated heterocycles. The highest BCUT2D eigenvalue weighted by Gasteiger charge is 2.16. The molecular formula is C15H30IN3O. The Morgan fingerprint density at radius 2 is 1.90 bits per heavy atom. The summed E-state index contributed by atoms with van der Waals surface area (Å²) in [5.74, 6) is 1.10. The Kier molecular flexibility index (Phi) is 9.59. The molecule has 1 aliphatic carbocycles. The third kappa shape index (κ3) is 6.16. The zero-order valence-corrected chi connectivity index (χ0v) is 15.1. The Balaban J connectivity index is 0.00000200. The van der Waals surface area contributed by atoms with Gasteiger partial charge in [0.2, 0.25) is 0 Å². The molecule has 2 rings (SSSR count). The summed E-state index contributed by atoms with van der Waals surface area (Å²) in [5, 5.41) is 3.39. The number of likely N-dealkylation sites (tertiary alicyclic amines) is 1. The van der Waals surface area contributed by atoms with E-state index in [-0.39, 0.29) is 24.0 Å². The van der Waals surface area contributed by atoms with Crippen LogP contribution in [0.2, 0.25) is 0 Å². The SMILES string of the molecule is CCNC(=NCCCOC1CCCC1)N1CCCC1.I. The summed E-state index contributed by atoms with van der Waals surface area (Å²) in [6.07, 6.45) is 9.41. The number of aliphatic imine (C=N–C) groups is 1. The maximum absolute atomic E-state index is 5.87. The molecule has 0 radical (unpaired) electrons. The van der Waals surface area contributed by atoms with E-state index < -0.39 is 0 Å². The molecule has 0 aromatic heterocycles. The molecule has 0 spiro atoms. The van der Waals surface area contributed by atoms with Crippen LogP contribution in [0.4, 0.5) is 0 Å². The van der Waals surface area contributed by atoms with Gasteiger partial charge in [0.1, 0.15) is 0 Å². The van der Waals surface area contributed by atoms with Crippen LogP contribution >= 0.6 is 24.0 Å². The molecule has 0 bridgehead atoms. The van der Waals surface area contributed by atoms with Crippen molar-refractivity contribution in [3.8, 4) is 0 Å². The molecule has 0 amide bonds. The number of guanidine groups is 1. The first-order chi connectivity index (χ1) is 9.40. The second-order valence-corrected chi connectivity index (χ2v) is 5.56. The van der Waals surface area contributed by atoms with Gasteiger partial charge in [0, 0.05) is 32.8 Å². The van der Waals surface area contributed by atoms with Gasteiger partial charge < -0.3 is 15.0 Å². The van der Waals surface area contributed by atoms with Gasteiger partial charge in [-0.1, -0.05) is 12.8 Å². The Morgan fingerprint density at radius 3 is 2.55 bits per heavy atom. The van der Waals surface area contributed by atoms with E-state index in [2.05, 4.69) is 17.1 Å². The lowest BCUT2D eigenvalue weighted by atomic mass is 10.3. The van der Waals surface area contributed by atoms with Crippen LogP contribution in [-0.2, 0) is 4.74 Å². The Morgan fingerprint density at radius 1 is 1.20 bits per heavy atom. The summed E-state index contributed by atoms with van der Waals surface area (Å²) in [6.45, 7) is 7.15. The van der Waals surface area contributed by atoms with Crippen LogP contribution in [0, 0.1) is 0 Å². The minimum atomic E-state index is 0. The van der Waals surface area contributed by atoms with E-state index in [1.165, 1.54) is 38.5 Å². The third-order valence-electron chi connectivity index (χ3n) is 3.96. The first kappa shape index (κ1) is 18.0. The summed E-state index contributed by atoms with van der Waals surface area (Å²) in [6, 6.07) is 0. The highest BCUT2D eigenvalue weighted by molar-refractivity contribution is 14.0. The molecule has 2 fully saturated rings. The molecular weight excluding hydrogens is 365 g/mol. The summed E-state index contributed by atoms with van der Waals surface area (Å²) < 4.78 is 5.87. The average molecular weight is 395 g/mol. The minimum absolute atomic E-state index is 0. The predicted octanol–water partition coefficient (Wildman–Crippen LogP) is 3.02. The average Bonchev–Trinajstić information content (AvgIpc) is 3.10. The summed E-state index contributed by atoms with van der Waals surface area (Å²) in [5.41, 5.74) is 0. The standard InChI is InChI=1S/C15H29N3O.HI/c1-2-16-15(18-11-5-6-12-18)17-10-7-13-19-14-8-3-4-9-14;/h14H,2-13H2,1H3,(H,16,17);1H. The molecule has 20 heavy (non-hydrogen) atoms. The molecule has 118 valence electrons. The lowest BCUT2D eigenvalue weighted by Crippen LogP contribution is -2.39. The van der Waals surface area contributed by atoms with Gasteiger partial charge in [-0.2, -0.15) is 0 Å². The van der Waals surface area contributed by atoms with Gasteiger partial charge in [-0.3, -0.25) is 4.99 Å². The molecule has 0 aromatic rings. The van der Waals surface area contributed by atoms with Gasteiger partial charge >= 0.3 is 0 Å². The van der Waals surface area contributed by atoms with Crippen LogP contribution < -0.4 is 5.32 Å². The third-order valence-corrected chi connectivity index (χ3v) is 3.96. The van der Waals surface area contributed by atoms with Crippen LogP contribution in [0.25, 0.3) is 0 Å². The zero-order chi connectivity index (χ0) is 13.3. The first-order valence-corrected chi connectivity index (χ1v) is 8.05. The van der Waals surface area contributed by atoms with Crippen molar-refractivity contribution < 1.29 is 4.74 Å². The van der Waals surface area contributed by atoms with E-state index in [1.54, 1.807) is 0 Å². The van der Waals surface area contributed by atoms with Gasteiger partial charge in [0.05, 0.1) is 6.10 Å². The number of ether oxygens (including phenoxy) is 1. The van der Waals surface area contributed by atoms with Crippen LogP contribution in [0.3, 0.4) is 0 Å². The fourth-order valence-electron chi connectivity index (χ4n) is 2.91. The highest BCUT2D eigenvalue weighted by Crippen LogP contribution is 2.20. The maximum Gasteiger partial charge on any atom is 0.193 e. The van der Waals surface area contributed by atoms with E-state index >= 15 is 0 Å². The van der Waals surface area contributed by atoms with Gasteiger partial charge in [-0.05, 0) is 39.0 Å². The van der Waals surface area contributed by atoms with Gasteiger partial charge in [-0.25, -0.2) is 0 Å². The van der Waals surface area contributed by atoms with Crippen molar-refractivity contribution in [3.63, 3.8) is 0 Å². The maximum atomic E-state index is 5.87. The normalized spacial score (nSPS) is 20.2. The van der Waals surface area contributed by atoms with Crippen LogP contribution in [0.1, 0.15) is 51.9 Å². The number of halogens is 1. The molecule has 1 heterocycles. The smallest absolute Gasteiger partial charge is 0.193 e. The van der Waals surface area contributed by atoms with Gasteiger partial charge in [0.15, 0.2) is 5.96 Å². The summed E-state index contributed by atoms with van der Waals surface area (Å²) in [4.78, 5) is 7.09. The largest absolute Gasteiger partial charge is 0.378 e. The molecule has 1 aliphatic heterocycles. The van der Waals surface area contributed by atoms with Crippen molar-refractivity contribution in [2.45, 2.75) is 58.0 Å². The lowest BCUT2D eigenvalue weighted by molar-refractivity contribution is 0.0579. The Bertz CT molecular complexity index is 274. The van der Waals surface area contributed by atoms with E-state index in [9.17, 15) is 0 Å². The second kappa shape index (κ2) is 10.7. The minimum Gasteiger partial charge on any atom is -0.378 e. The van der Waals surface area contributed by atoms with Crippen LogP contribution in [0.5, 0.6) is 0 Å². The topological polar surface area (TPSA) is 36.9 Å². The number of nitrogens with one attached hydrogen (secondary N) is 1. The van der Waals surface area contributed by atoms with Crippen LogP contribution in [-0.4, -0.2) is 49.7 Å². The molecule has 0 unspecified atom stereocenters. The molecule has 5 heteroatoms. The highest BCUT2D eigenvalue weighted by atomic mass is 127. The molecule has 1 N–H and O–H groups in total. The van der Waals surface area contributed by atoms with E-state index in [4.69, 9.17) is 9.73 Å². The van der Waals surface area contributed by atoms with Crippen molar-refractivity contribution >= 4 is 29.9 Å². The number of rotatable bonds is 6. The number of nitrogens with zero attached hydrogens (tertiary/aromatic N) is 2. The van der Waals surface area contributed by atoms with Gasteiger partial charge in [0.25, 0.3) is 0 Å². The van der Waals surface area contributed by atoms with Crippen molar-refractivity contribution in [3.05, 3.63) is 0 Å². The van der Waals surface area contributed by atoms with E-state index in [0.29, 0.717) is 6.10 Å². The first-order valence-electron chi connectivity index (χ1n) is 8.05. The van der Waals surface area contributed by atoms with Crippen molar-refractivity contribution in [2.75, 3.05) is 32.8 Å². The lowest BCUT2D eigenvalue weighted by Gasteiger charge is -2.20. The zero-order valence-electron chi connectivity index (χ0n) is 12.8. The number of hydrogen-bond acceptors (Lipinski definition) is 2. The quantitative estimate of drug-likeness (QED) is 0.325. The fourth-order valence-corrected chi connectivity index (χ4v) is 2.91. The van der Waals surface area contributed by atoms with E-state index in [1.807, 2.05) is 0 Å². The molecule has 1 saturated carbocycles. The number of hydrogen-bond donors (Lipinski definition) is 1. The van der Waals surface area contributed by atoms with Crippen molar-refractivity contribution in [2.24, 2.45) is 4.99 Å². The molecule has 0 aromatic carbocycles.